The quantitative estimate of drug-likeness (QED) is 0.455. The largest absolute Gasteiger partial charge is 0.325 e. The van der Waals surface area contributed by atoms with Crippen LogP contribution in [-0.2, 0) is 4.79 Å². The summed E-state index contributed by atoms with van der Waals surface area (Å²) in [7, 11) is 0. The lowest BCUT2D eigenvalue weighted by Crippen LogP contribution is -2.27. The summed E-state index contributed by atoms with van der Waals surface area (Å²) >= 11 is 0.473. The van der Waals surface area contributed by atoms with E-state index in [1.165, 1.54) is 0 Å². The maximum Gasteiger partial charge on any atom is 0.288 e. The van der Waals surface area contributed by atoms with Gasteiger partial charge in [0.1, 0.15) is 0 Å². The molecule has 6 heteroatoms. The molecule has 1 aromatic carbocycles. The van der Waals surface area contributed by atoms with Crippen molar-refractivity contribution in [1.82, 2.24) is 5.32 Å². The van der Waals surface area contributed by atoms with Crippen LogP contribution in [0.4, 0.5) is 14.5 Å². The maximum absolute atomic E-state index is 12.1. The number of hydrogen-bond acceptors (Lipinski definition) is 3. The fraction of sp³-hybridized carbons (Fsp3) is 0.250. The van der Waals surface area contributed by atoms with Crippen molar-refractivity contribution in [2.75, 3.05) is 18.4 Å². The predicted octanol–water partition coefficient (Wildman–Crippen LogP) is 2.72. The number of benzene rings is 1. The minimum Gasteiger partial charge on any atom is -0.325 e. The lowest BCUT2D eigenvalue weighted by Gasteiger charge is -2.06. The lowest BCUT2D eigenvalue weighted by molar-refractivity contribution is -0.115. The van der Waals surface area contributed by atoms with E-state index in [2.05, 4.69) is 17.2 Å². The van der Waals surface area contributed by atoms with Crippen LogP contribution in [0.5, 0.6) is 0 Å². The monoisotopic (exact) mass is 272 g/mol. The van der Waals surface area contributed by atoms with Gasteiger partial charge in [0.15, 0.2) is 0 Å². The average molecular weight is 272 g/mol. The molecule has 0 heterocycles. The standard InChI is InChI=1S/C12H14F2N2OS/c1-2-7-15-8-11(17)16-9-3-5-10(6-4-9)18-12(13)14/h2-6,12,15H,1,7-8H2,(H,16,17). The molecule has 0 spiro atoms. The van der Waals surface area contributed by atoms with Gasteiger partial charge >= 0.3 is 0 Å². The Hall–Kier alpha value is -1.40. The first-order valence-electron chi connectivity index (χ1n) is 5.28. The number of rotatable bonds is 7. The van der Waals surface area contributed by atoms with Gasteiger partial charge in [-0.15, -0.1) is 6.58 Å². The van der Waals surface area contributed by atoms with Crippen LogP contribution >= 0.6 is 11.8 Å². The first kappa shape index (κ1) is 14.7. The van der Waals surface area contributed by atoms with E-state index in [-0.39, 0.29) is 12.5 Å². The van der Waals surface area contributed by atoms with Crippen LogP contribution < -0.4 is 10.6 Å². The maximum atomic E-state index is 12.1. The first-order chi connectivity index (χ1) is 8.61. The minimum atomic E-state index is -2.44. The number of alkyl halides is 2. The van der Waals surface area contributed by atoms with Crippen molar-refractivity contribution in [2.45, 2.75) is 10.7 Å². The lowest BCUT2D eigenvalue weighted by atomic mass is 10.3. The van der Waals surface area contributed by atoms with Gasteiger partial charge in [-0.25, -0.2) is 0 Å². The number of amides is 1. The molecule has 0 saturated heterocycles. The van der Waals surface area contributed by atoms with E-state index in [1.54, 1.807) is 30.3 Å². The zero-order valence-electron chi connectivity index (χ0n) is 9.66. The highest BCUT2D eigenvalue weighted by atomic mass is 32.2. The highest BCUT2D eigenvalue weighted by Gasteiger charge is 2.05. The van der Waals surface area contributed by atoms with Crippen LogP contribution in [0.3, 0.4) is 0 Å². The fourth-order valence-electron chi connectivity index (χ4n) is 1.21. The SMILES string of the molecule is C=CCNCC(=O)Nc1ccc(SC(F)F)cc1. The van der Waals surface area contributed by atoms with Gasteiger partial charge in [-0.3, -0.25) is 4.79 Å². The van der Waals surface area contributed by atoms with E-state index in [1.807, 2.05) is 0 Å². The zero-order valence-corrected chi connectivity index (χ0v) is 10.5. The number of carbonyl (C=O) groups excluding carboxylic acids is 1. The molecular formula is C12H14F2N2OS. The van der Waals surface area contributed by atoms with Gasteiger partial charge in [0, 0.05) is 17.1 Å². The van der Waals surface area contributed by atoms with E-state index in [0.717, 1.165) is 0 Å². The Morgan fingerprint density at radius 3 is 2.61 bits per heavy atom. The molecule has 1 aromatic rings. The predicted molar refractivity (Wildman–Crippen MR) is 70.0 cm³/mol. The fourth-order valence-corrected chi connectivity index (χ4v) is 1.71. The summed E-state index contributed by atoms with van der Waals surface area (Å²) in [6.45, 7) is 4.25. The molecule has 2 N–H and O–H groups in total. The smallest absolute Gasteiger partial charge is 0.288 e. The number of hydrogen-bond donors (Lipinski definition) is 2. The van der Waals surface area contributed by atoms with Gasteiger partial charge in [-0.1, -0.05) is 17.8 Å². The van der Waals surface area contributed by atoms with Crippen molar-refractivity contribution in [3.05, 3.63) is 36.9 Å². The van der Waals surface area contributed by atoms with Gasteiger partial charge in [0.2, 0.25) is 5.91 Å². The summed E-state index contributed by atoms with van der Waals surface area (Å²) in [6.07, 6.45) is 1.66. The highest BCUT2D eigenvalue weighted by molar-refractivity contribution is 7.99. The summed E-state index contributed by atoms with van der Waals surface area (Å²) in [5.74, 6) is -2.63. The van der Waals surface area contributed by atoms with Gasteiger partial charge in [-0.05, 0) is 24.3 Å². The molecule has 0 aliphatic carbocycles. The molecule has 0 aliphatic heterocycles. The molecule has 3 nitrogen and oxygen atoms in total. The summed E-state index contributed by atoms with van der Waals surface area (Å²) in [4.78, 5) is 11.9. The molecule has 0 bridgehead atoms. The van der Waals surface area contributed by atoms with Crippen LogP contribution in [0.25, 0.3) is 0 Å². The van der Waals surface area contributed by atoms with Gasteiger partial charge in [0.05, 0.1) is 6.54 Å². The number of anilines is 1. The average Bonchev–Trinajstić information content (AvgIpc) is 2.31. The van der Waals surface area contributed by atoms with E-state index in [9.17, 15) is 13.6 Å². The van der Waals surface area contributed by atoms with Gasteiger partial charge < -0.3 is 10.6 Å². The second-order valence-corrected chi connectivity index (χ2v) is 4.43. The molecule has 1 amide bonds. The molecule has 0 aliphatic rings. The number of thioether (sulfide) groups is 1. The summed E-state index contributed by atoms with van der Waals surface area (Å²) in [5.41, 5.74) is 0.582. The molecule has 0 saturated carbocycles. The Bertz CT molecular complexity index is 396. The van der Waals surface area contributed by atoms with Crippen molar-refractivity contribution in [3.63, 3.8) is 0 Å². The molecule has 18 heavy (non-hydrogen) atoms. The summed E-state index contributed by atoms with van der Waals surface area (Å²) in [5, 5.41) is 5.51. The third-order valence-electron chi connectivity index (χ3n) is 1.94. The third kappa shape index (κ3) is 5.79. The zero-order chi connectivity index (χ0) is 13.4. The van der Waals surface area contributed by atoms with Gasteiger partial charge in [0.25, 0.3) is 5.76 Å². The minimum absolute atomic E-state index is 0.180. The Morgan fingerprint density at radius 1 is 1.39 bits per heavy atom. The Labute approximate surface area is 109 Å². The molecule has 0 aromatic heterocycles. The third-order valence-corrected chi connectivity index (χ3v) is 2.66. The Kier molecular flexibility index (Phi) is 6.38. The van der Waals surface area contributed by atoms with Crippen molar-refractivity contribution in [3.8, 4) is 0 Å². The van der Waals surface area contributed by atoms with Crippen molar-refractivity contribution >= 4 is 23.4 Å². The Morgan fingerprint density at radius 2 is 2.06 bits per heavy atom. The van der Waals surface area contributed by atoms with E-state index in [4.69, 9.17) is 0 Å². The number of carbonyl (C=O) groups is 1. The Balaban J connectivity index is 2.42. The van der Waals surface area contributed by atoms with Gasteiger partial charge in [-0.2, -0.15) is 8.78 Å². The van der Waals surface area contributed by atoms with Crippen LogP contribution in [0, 0.1) is 0 Å². The van der Waals surface area contributed by atoms with Crippen LogP contribution in [-0.4, -0.2) is 24.8 Å². The number of halogens is 2. The van der Waals surface area contributed by atoms with E-state index < -0.39 is 5.76 Å². The summed E-state index contributed by atoms with van der Waals surface area (Å²) < 4.78 is 24.2. The van der Waals surface area contributed by atoms with E-state index >= 15 is 0 Å². The molecule has 98 valence electrons. The number of nitrogens with one attached hydrogen (secondary N) is 2. The van der Waals surface area contributed by atoms with Crippen LogP contribution in [0.2, 0.25) is 0 Å². The summed E-state index contributed by atoms with van der Waals surface area (Å²) in [6, 6.07) is 6.28. The molecule has 0 radical (unpaired) electrons. The molecule has 0 unspecified atom stereocenters. The molecule has 0 atom stereocenters. The molecule has 1 rings (SSSR count). The molecule has 0 fully saturated rings. The highest BCUT2D eigenvalue weighted by Crippen LogP contribution is 2.25. The topological polar surface area (TPSA) is 41.1 Å². The first-order valence-corrected chi connectivity index (χ1v) is 6.16. The van der Waals surface area contributed by atoms with Crippen molar-refractivity contribution in [1.29, 1.82) is 0 Å². The van der Waals surface area contributed by atoms with Crippen LogP contribution in [0.1, 0.15) is 0 Å². The van der Waals surface area contributed by atoms with E-state index in [0.29, 0.717) is 28.9 Å². The second kappa shape index (κ2) is 7.84. The normalized spacial score (nSPS) is 10.4. The van der Waals surface area contributed by atoms with Crippen LogP contribution in [0.15, 0.2) is 41.8 Å². The van der Waals surface area contributed by atoms with Crippen molar-refractivity contribution < 1.29 is 13.6 Å². The molecular weight excluding hydrogens is 258 g/mol. The van der Waals surface area contributed by atoms with Crippen molar-refractivity contribution in [2.24, 2.45) is 0 Å². The second-order valence-electron chi connectivity index (χ2n) is 3.37.